The van der Waals surface area contributed by atoms with Gasteiger partial charge in [-0.15, -0.1) is 0 Å². The maximum atomic E-state index is 11.9. The van der Waals surface area contributed by atoms with Crippen molar-refractivity contribution in [2.24, 2.45) is 14.1 Å². The van der Waals surface area contributed by atoms with E-state index in [1.165, 1.54) is 18.7 Å². The molecule has 0 saturated carbocycles. The molecule has 1 aromatic heterocycles. The van der Waals surface area contributed by atoms with Crippen LogP contribution in [0.1, 0.15) is 11.1 Å². The molecule has 0 amide bonds. The highest BCUT2D eigenvalue weighted by atomic mass is 35.5. The van der Waals surface area contributed by atoms with E-state index < -0.39 is 11.2 Å². The number of halogens is 1. The van der Waals surface area contributed by atoms with Crippen molar-refractivity contribution < 1.29 is 4.74 Å². The van der Waals surface area contributed by atoms with Gasteiger partial charge in [0.25, 0.3) is 5.56 Å². The summed E-state index contributed by atoms with van der Waals surface area (Å²) in [6.45, 7) is 1.11. The van der Waals surface area contributed by atoms with Gasteiger partial charge in [-0.3, -0.25) is 13.9 Å². The molecular weight excluding hydrogens is 332 g/mol. The molecule has 0 spiro atoms. The van der Waals surface area contributed by atoms with E-state index in [-0.39, 0.29) is 11.4 Å². The number of benzene rings is 1. The zero-order valence-corrected chi connectivity index (χ0v) is 14.1. The number of hydrogen-bond donors (Lipinski definition) is 1. The Morgan fingerprint density at radius 1 is 1.21 bits per heavy atom. The van der Waals surface area contributed by atoms with Gasteiger partial charge in [-0.1, -0.05) is 23.7 Å². The van der Waals surface area contributed by atoms with Gasteiger partial charge in [0, 0.05) is 25.7 Å². The molecule has 7 nitrogen and oxygen atoms in total. The summed E-state index contributed by atoms with van der Waals surface area (Å²) in [5.74, 6) is 0.195. The maximum Gasteiger partial charge on any atom is 0.332 e. The third-order valence-electron chi connectivity index (χ3n) is 3.50. The van der Waals surface area contributed by atoms with Gasteiger partial charge in [-0.25, -0.2) is 4.79 Å². The number of nitriles is 1. The van der Waals surface area contributed by atoms with Crippen LogP contribution in [0.5, 0.6) is 0 Å². The first kappa shape index (κ1) is 17.8. The third kappa shape index (κ3) is 3.85. The summed E-state index contributed by atoms with van der Waals surface area (Å²) in [5.41, 5.74) is -0.232. The Kier molecular flexibility index (Phi) is 5.79. The molecule has 1 aromatic carbocycles. The lowest BCUT2D eigenvalue weighted by molar-refractivity contribution is 0.130. The number of ether oxygens (including phenoxy) is 1. The van der Waals surface area contributed by atoms with E-state index in [0.717, 1.165) is 10.1 Å². The summed E-state index contributed by atoms with van der Waals surface area (Å²) in [7, 11) is 2.84. The monoisotopic (exact) mass is 348 g/mol. The molecule has 0 unspecified atom stereocenters. The second-order valence-electron chi connectivity index (χ2n) is 5.15. The van der Waals surface area contributed by atoms with Gasteiger partial charge < -0.3 is 10.1 Å². The van der Waals surface area contributed by atoms with Crippen molar-refractivity contribution in [1.82, 2.24) is 9.13 Å². The molecule has 0 aliphatic heterocycles. The predicted octanol–water partition coefficient (Wildman–Crippen LogP) is 1.24. The molecular formula is C16H17ClN4O3. The third-order valence-corrected chi connectivity index (χ3v) is 3.75. The smallest absolute Gasteiger partial charge is 0.332 e. The van der Waals surface area contributed by atoms with Crippen LogP contribution in [0, 0.1) is 11.3 Å². The van der Waals surface area contributed by atoms with E-state index in [0.29, 0.717) is 24.8 Å². The fourth-order valence-electron chi connectivity index (χ4n) is 2.16. The minimum atomic E-state index is -0.620. The quantitative estimate of drug-likeness (QED) is 0.793. The fraction of sp³-hybridized carbons (Fsp3) is 0.312. The minimum absolute atomic E-state index is 0.0997. The van der Waals surface area contributed by atoms with Gasteiger partial charge in [0.05, 0.1) is 13.2 Å². The molecule has 0 atom stereocenters. The molecule has 2 rings (SSSR count). The van der Waals surface area contributed by atoms with Crippen molar-refractivity contribution in [3.63, 3.8) is 0 Å². The summed E-state index contributed by atoms with van der Waals surface area (Å²) in [5, 5.41) is 12.7. The van der Waals surface area contributed by atoms with Crippen LogP contribution in [-0.4, -0.2) is 22.3 Å². The molecule has 0 bridgehead atoms. The van der Waals surface area contributed by atoms with E-state index >= 15 is 0 Å². The molecule has 0 fully saturated rings. The lowest BCUT2D eigenvalue weighted by Crippen LogP contribution is -2.40. The number of rotatable bonds is 6. The maximum absolute atomic E-state index is 11.9. The number of hydrogen-bond acceptors (Lipinski definition) is 5. The molecule has 0 aliphatic rings. The van der Waals surface area contributed by atoms with Crippen molar-refractivity contribution in [3.05, 3.63) is 61.3 Å². The standard InChI is InChI=1S/C16H17ClN4O3/c1-20-14(13(9-18)15(22)21(2)16(20)23)19-7-8-24-10-11-3-5-12(17)6-4-11/h3-6,19H,7-8,10H2,1-2H3. The van der Waals surface area contributed by atoms with Crippen molar-refractivity contribution in [2.75, 3.05) is 18.5 Å². The highest BCUT2D eigenvalue weighted by Crippen LogP contribution is 2.10. The van der Waals surface area contributed by atoms with Crippen LogP contribution in [0.15, 0.2) is 33.9 Å². The van der Waals surface area contributed by atoms with E-state index in [1.54, 1.807) is 12.1 Å². The zero-order valence-electron chi connectivity index (χ0n) is 13.4. The number of nitrogens with zero attached hydrogens (tertiary/aromatic N) is 3. The molecule has 1 N–H and O–H groups in total. The second-order valence-corrected chi connectivity index (χ2v) is 5.58. The number of nitrogens with one attached hydrogen (secondary N) is 1. The first-order chi connectivity index (χ1) is 11.5. The van der Waals surface area contributed by atoms with E-state index in [4.69, 9.17) is 21.6 Å². The lowest BCUT2D eigenvalue weighted by atomic mass is 10.2. The Morgan fingerprint density at radius 3 is 2.50 bits per heavy atom. The molecule has 24 heavy (non-hydrogen) atoms. The van der Waals surface area contributed by atoms with Crippen LogP contribution in [0.25, 0.3) is 0 Å². The van der Waals surface area contributed by atoms with Crippen molar-refractivity contribution in [1.29, 1.82) is 5.26 Å². The van der Waals surface area contributed by atoms with Gasteiger partial charge in [0.2, 0.25) is 0 Å². The Balaban J connectivity index is 1.98. The van der Waals surface area contributed by atoms with E-state index in [1.807, 2.05) is 18.2 Å². The molecule has 1 heterocycles. The molecule has 126 valence electrons. The summed E-state index contributed by atoms with van der Waals surface area (Å²) >= 11 is 5.81. The Hall–Kier alpha value is -2.56. The van der Waals surface area contributed by atoms with Crippen LogP contribution >= 0.6 is 11.6 Å². The normalized spacial score (nSPS) is 10.4. The van der Waals surface area contributed by atoms with Gasteiger partial charge in [-0.2, -0.15) is 5.26 Å². The molecule has 0 aliphatic carbocycles. The molecule has 2 aromatic rings. The molecule has 0 radical (unpaired) electrons. The Labute approximate surface area is 143 Å². The van der Waals surface area contributed by atoms with Gasteiger partial charge >= 0.3 is 5.69 Å². The molecule has 8 heteroatoms. The average Bonchev–Trinajstić information content (AvgIpc) is 2.58. The van der Waals surface area contributed by atoms with Crippen molar-refractivity contribution >= 4 is 17.4 Å². The largest absolute Gasteiger partial charge is 0.375 e. The Morgan fingerprint density at radius 2 is 1.88 bits per heavy atom. The lowest BCUT2D eigenvalue weighted by Gasteiger charge is -2.13. The Bertz CT molecular complexity index is 878. The van der Waals surface area contributed by atoms with Crippen LogP contribution in [-0.2, 0) is 25.4 Å². The highest BCUT2D eigenvalue weighted by Gasteiger charge is 2.14. The van der Waals surface area contributed by atoms with Crippen molar-refractivity contribution in [3.8, 4) is 6.07 Å². The minimum Gasteiger partial charge on any atom is -0.375 e. The van der Waals surface area contributed by atoms with Gasteiger partial charge in [0.1, 0.15) is 11.9 Å². The SMILES string of the molecule is Cn1c(NCCOCc2ccc(Cl)cc2)c(C#N)c(=O)n(C)c1=O. The van der Waals surface area contributed by atoms with E-state index in [9.17, 15) is 9.59 Å². The van der Waals surface area contributed by atoms with Crippen LogP contribution in [0.3, 0.4) is 0 Å². The topological polar surface area (TPSA) is 89.1 Å². The highest BCUT2D eigenvalue weighted by molar-refractivity contribution is 6.30. The van der Waals surface area contributed by atoms with Crippen molar-refractivity contribution in [2.45, 2.75) is 6.61 Å². The van der Waals surface area contributed by atoms with E-state index in [2.05, 4.69) is 5.32 Å². The summed E-state index contributed by atoms with van der Waals surface area (Å²) < 4.78 is 7.66. The first-order valence-electron chi connectivity index (χ1n) is 7.22. The first-order valence-corrected chi connectivity index (χ1v) is 7.59. The summed E-state index contributed by atoms with van der Waals surface area (Å²) in [4.78, 5) is 23.9. The summed E-state index contributed by atoms with van der Waals surface area (Å²) in [6.07, 6.45) is 0. The number of anilines is 1. The fourth-order valence-corrected chi connectivity index (χ4v) is 2.29. The number of aromatic nitrogens is 2. The van der Waals surface area contributed by atoms with Gasteiger partial charge in [0.15, 0.2) is 5.56 Å². The van der Waals surface area contributed by atoms with Crippen LogP contribution < -0.4 is 16.6 Å². The molecule has 0 saturated heterocycles. The van der Waals surface area contributed by atoms with Gasteiger partial charge in [-0.05, 0) is 17.7 Å². The predicted molar refractivity (Wildman–Crippen MR) is 91.2 cm³/mol. The van der Waals surface area contributed by atoms with Crippen LogP contribution in [0.4, 0.5) is 5.82 Å². The zero-order chi connectivity index (χ0) is 17.7. The average molecular weight is 349 g/mol. The van der Waals surface area contributed by atoms with Crippen LogP contribution in [0.2, 0.25) is 5.02 Å². The second kappa shape index (κ2) is 7.81. The summed E-state index contributed by atoms with van der Waals surface area (Å²) in [6, 6.07) is 9.14.